The number of nitrogens with two attached hydrogens (primary N) is 1. The number of fused-ring (bicyclic) bond motifs is 1. The van der Waals surface area contributed by atoms with Crippen LogP contribution in [0, 0.1) is 13.8 Å². The molecule has 34 heavy (non-hydrogen) atoms. The van der Waals surface area contributed by atoms with Gasteiger partial charge in [-0.25, -0.2) is 9.97 Å². The maximum atomic E-state index is 12.3. The number of ether oxygens (including phenoxy) is 1. The average Bonchev–Trinajstić information content (AvgIpc) is 3.17. The monoisotopic (exact) mass is 478 g/mol. The van der Waals surface area contributed by atoms with Crippen molar-refractivity contribution in [2.45, 2.75) is 26.8 Å². The number of aromatic nitrogens is 4. The molecule has 0 aliphatic rings. The number of hydrogen-bond acceptors (Lipinski definition) is 6. The van der Waals surface area contributed by atoms with E-state index in [0.717, 1.165) is 38.9 Å². The number of amides is 1. The smallest absolute Gasteiger partial charge is 0.271 e. The van der Waals surface area contributed by atoms with E-state index in [0.29, 0.717) is 22.3 Å². The maximum Gasteiger partial charge on any atom is 0.271 e. The summed E-state index contributed by atoms with van der Waals surface area (Å²) in [6, 6.07) is 5.33. The topological polar surface area (TPSA) is 99.2 Å². The van der Waals surface area contributed by atoms with Crippen LogP contribution in [0.4, 0.5) is 5.82 Å². The van der Waals surface area contributed by atoms with E-state index in [2.05, 4.69) is 21.9 Å². The van der Waals surface area contributed by atoms with Gasteiger partial charge < -0.3 is 19.9 Å². The predicted molar refractivity (Wildman–Crippen MR) is 134 cm³/mol. The zero-order valence-electron chi connectivity index (χ0n) is 20.0. The van der Waals surface area contributed by atoms with Gasteiger partial charge in [-0.1, -0.05) is 17.7 Å². The van der Waals surface area contributed by atoms with Crippen molar-refractivity contribution >= 4 is 34.4 Å². The van der Waals surface area contributed by atoms with E-state index >= 15 is 0 Å². The summed E-state index contributed by atoms with van der Waals surface area (Å²) < 4.78 is 7.98. The first-order chi connectivity index (χ1) is 16.1. The molecule has 3 aromatic heterocycles. The molecule has 1 amide bonds. The number of nitrogen functional groups attached to an aromatic ring is 1. The van der Waals surface area contributed by atoms with Crippen LogP contribution in [0.15, 0.2) is 36.9 Å². The Morgan fingerprint density at radius 1 is 1.21 bits per heavy atom. The second kappa shape index (κ2) is 8.95. The molecule has 3 heterocycles. The summed E-state index contributed by atoms with van der Waals surface area (Å²) in [5.41, 5.74) is 11.6. The van der Waals surface area contributed by atoms with Crippen molar-refractivity contribution in [1.82, 2.24) is 24.4 Å². The maximum absolute atomic E-state index is 12.3. The lowest BCUT2D eigenvalue weighted by Crippen LogP contribution is -2.22. The van der Waals surface area contributed by atoms with Crippen molar-refractivity contribution < 1.29 is 9.53 Å². The fourth-order valence-corrected chi connectivity index (χ4v) is 4.47. The van der Waals surface area contributed by atoms with E-state index in [9.17, 15) is 4.79 Å². The fraction of sp³-hybridized carbons (Fsp3) is 0.280. The highest BCUT2D eigenvalue weighted by Crippen LogP contribution is 2.43. The Hall–Kier alpha value is -3.65. The first-order valence-corrected chi connectivity index (χ1v) is 11.2. The fourth-order valence-electron chi connectivity index (χ4n) is 4.26. The van der Waals surface area contributed by atoms with Crippen molar-refractivity contribution in [3.8, 4) is 16.9 Å². The summed E-state index contributed by atoms with van der Waals surface area (Å²) in [6.45, 7) is 5.98. The molecule has 0 saturated heterocycles. The molecule has 0 radical (unpaired) electrons. The van der Waals surface area contributed by atoms with Crippen LogP contribution in [0.25, 0.3) is 22.2 Å². The number of nitrogens with zero attached hydrogens (tertiary/aromatic N) is 5. The van der Waals surface area contributed by atoms with Crippen molar-refractivity contribution in [3.63, 3.8) is 0 Å². The Morgan fingerprint density at radius 2 is 1.94 bits per heavy atom. The van der Waals surface area contributed by atoms with Crippen LogP contribution in [0.1, 0.15) is 40.1 Å². The van der Waals surface area contributed by atoms with Crippen molar-refractivity contribution in [3.05, 3.63) is 64.3 Å². The molecular formula is C25H27ClN6O2. The van der Waals surface area contributed by atoms with Gasteiger partial charge in [-0.3, -0.25) is 9.78 Å². The minimum absolute atomic E-state index is 0.160. The molecule has 4 rings (SSSR count). The lowest BCUT2D eigenvalue weighted by molar-refractivity contribution is 0.0822. The minimum Gasteiger partial charge on any atom is -0.496 e. The quantitative estimate of drug-likeness (QED) is 0.447. The van der Waals surface area contributed by atoms with Crippen molar-refractivity contribution in [2.75, 3.05) is 26.9 Å². The number of methoxy groups -OCH3 is 1. The number of aryl methyl sites for hydroxylation is 1. The largest absolute Gasteiger partial charge is 0.496 e. The molecule has 0 aliphatic carbocycles. The number of anilines is 1. The number of rotatable bonds is 5. The standard InChI is InChI=1S/C25H27ClN6O2/c1-13-11-32(24-20(13)23(27)29-12-30-24)15(3)17-9-18(26)14(2)21(22(17)34-6)16-7-8-19(28-10-16)25(33)31(4)5/h7-12,15H,1-6H3,(H2,27,29,30)/t15-/m1/s1. The first kappa shape index (κ1) is 23.5. The molecule has 8 nitrogen and oxygen atoms in total. The molecule has 0 unspecified atom stereocenters. The third kappa shape index (κ3) is 3.84. The van der Waals surface area contributed by atoms with Gasteiger partial charge in [0.05, 0.1) is 18.5 Å². The van der Waals surface area contributed by atoms with Crippen LogP contribution in [0.3, 0.4) is 0 Å². The van der Waals surface area contributed by atoms with Gasteiger partial charge in [0.2, 0.25) is 0 Å². The van der Waals surface area contributed by atoms with Gasteiger partial charge in [-0.2, -0.15) is 0 Å². The number of carbonyl (C=O) groups is 1. The van der Waals surface area contributed by atoms with Crippen LogP contribution in [-0.4, -0.2) is 51.5 Å². The molecule has 0 spiro atoms. The predicted octanol–water partition coefficient (Wildman–Crippen LogP) is 4.67. The molecule has 4 aromatic rings. The van der Waals surface area contributed by atoms with E-state index < -0.39 is 0 Å². The highest BCUT2D eigenvalue weighted by atomic mass is 35.5. The SMILES string of the molecule is COc1c([C@@H](C)n2cc(C)c3c(N)ncnc32)cc(Cl)c(C)c1-c1ccc(C(=O)N(C)C)nc1. The third-order valence-electron chi connectivity index (χ3n) is 6.08. The second-order valence-electron chi connectivity index (χ2n) is 8.47. The highest BCUT2D eigenvalue weighted by molar-refractivity contribution is 6.32. The minimum atomic E-state index is -0.167. The van der Waals surface area contributed by atoms with Crippen LogP contribution in [0.2, 0.25) is 5.02 Å². The summed E-state index contributed by atoms with van der Waals surface area (Å²) in [7, 11) is 5.03. The van der Waals surface area contributed by atoms with Crippen LogP contribution < -0.4 is 10.5 Å². The summed E-state index contributed by atoms with van der Waals surface area (Å²) in [5.74, 6) is 0.970. The molecule has 0 fully saturated rings. The van der Waals surface area contributed by atoms with Gasteiger partial charge in [-0.05, 0) is 44.0 Å². The van der Waals surface area contributed by atoms with Crippen LogP contribution >= 0.6 is 11.6 Å². The Morgan fingerprint density at radius 3 is 2.56 bits per heavy atom. The number of carbonyl (C=O) groups excluding carboxylic acids is 1. The molecular weight excluding hydrogens is 452 g/mol. The Labute approximate surface area is 203 Å². The number of benzene rings is 1. The summed E-state index contributed by atoms with van der Waals surface area (Å²) >= 11 is 6.71. The van der Waals surface area contributed by atoms with E-state index in [1.165, 1.54) is 11.2 Å². The summed E-state index contributed by atoms with van der Waals surface area (Å²) in [6.07, 6.45) is 5.15. The molecule has 0 saturated carbocycles. The summed E-state index contributed by atoms with van der Waals surface area (Å²) in [4.78, 5) is 26.7. The normalized spacial score (nSPS) is 12.1. The molecule has 1 atom stereocenters. The molecule has 1 aromatic carbocycles. The van der Waals surface area contributed by atoms with Gasteiger partial charge in [0.15, 0.2) is 0 Å². The Bertz CT molecular complexity index is 1400. The first-order valence-electron chi connectivity index (χ1n) is 10.8. The van der Waals surface area contributed by atoms with E-state index in [-0.39, 0.29) is 11.9 Å². The van der Waals surface area contributed by atoms with Gasteiger partial charge in [-0.15, -0.1) is 0 Å². The van der Waals surface area contributed by atoms with Crippen LogP contribution in [-0.2, 0) is 0 Å². The molecule has 2 N–H and O–H groups in total. The lowest BCUT2D eigenvalue weighted by atomic mass is 9.94. The van der Waals surface area contributed by atoms with Gasteiger partial charge >= 0.3 is 0 Å². The van der Waals surface area contributed by atoms with Gasteiger partial charge in [0.1, 0.15) is 29.2 Å². The number of pyridine rings is 1. The third-order valence-corrected chi connectivity index (χ3v) is 6.47. The Balaban J connectivity index is 1.88. The van der Waals surface area contributed by atoms with Crippen molar-refractivity contribution in [2.24, 2.45) is 0 Å². The number of hydrogen-bond donors (Lipinski definition) is 1. The van der Waals surface area contributed by atoms with Crippen LogP contribution in [0.5, 0.6) is 5.75 Å². The molecule has 9 heteroatoms. The highest BCUT2D eigenvalue weighted by Gasteiger charge is 2.24. The average molecular weight is 479 g/mol. The van der Waals surface area contributed by atoms with E-state index in [4.69, 9.17) is 22.1 Å². The van der Waals surface area contributed by atoms with E-state index in [1.54, 1.807) is 33.5 Å². The Kier molecular flexibility index (Phi) is 6.18. The summed E-state index contributed by atoms with van der Waals surface area (Å²) in [5, 5.41) is 1.44. The lowest BCUT2D eigenvalue weighted by Gasteiger charge is -2.23. The zero-order valence-corrected chi connectivity index (χ0v) is 20.8. The van der Waals surface area contributed by atoms with E-state index in [1.807, 2.05) is 36.7 Å². The molecule has 0 aliphatic heterocycles. The molecule has 176 valence electrons. The second-order valence-corrected chi connectivity index (χ2v) is 8.87. The molecule has 0 bridgehead atoms. The van der Waals surface area contributed by atoms with Gasteiger partial charge in [0.25, 0.3) is 5.91 Å². The number of halogens is 1. The van der Waals surface area contributed by atoms with Gasteiger partial charge in [0, 0.05) is 48.2 Å². The zero-order chi connectivity index (χ0) is 24.7. The van der Waals surface area contributed by atoms with Crippen molar-refractivity contribution in [1.29, 1.82) is 0 Å².